The summed E-state index contributed by atoms with van der Waals surface area (Å²) in [4.78, 5) is 60.8. The number of hydrogen-bond donors (Lipinski definition) is 2. The first kappa shape index (κ1) is 33.9. The maximum absolute atomic E-state index is 15.4. The molecule has 0 spiro atoms. The summed E-state index contributed by atoms with van der Waals surface area (Å²) < 4.78 is 6.44. The maximum atomic E-state index is 15.4. The standard InChI is InChI=1S/C39H33Br2N3O6S/c1-20-10-12-22(13-11-20)42-44-36(47)28-17-26-24(14-15-25-30(26)37(48)43(35(25)46)19-23-9-6-16-51-23)31(27-18-29(50-2)34(45)33(41)32(27)40)39(28,38(44)49)21-7-4-3-5-8-21/h3-14,16,18,25-26,28,30-31,42,45H,15,17,19H2,1-2H3. The molecule has 1 saturated carbocycles. The quantitative estimate of drug-likeness (QED) is 0.147. The molecule has 4 amide bonds. The Morgan fingerprint density at radius 3 is 2.37 bits per heavy atom. The molecule has 9 nitrogen and oxygen atoms in total. The van der Waals surface area contributed by atoms with Crippen molar-refractivity contribution in [1.82, 2.24) is 9.91 Å². The van der Waals surface area contributed by atoms with Crippen LogP contribution in [0.15, 0.2) is 98.8 Å². The number of nitrogens with zero attached hydrogens (tertiary/aromatic N) is 2. The van der Waals surface area contributed by atoms with Crippen LogP contribution in [0.1, 0.15) is 40.3 Å². The summed E-state index contributed by atoms with van der Waals surface area (Å²) in [5, 5.41) is 14.1. The molecule has 260 valence electrons. The zero-order valence-electron chi connectivity index (χ0n) is 27.6. The lowest BCUT2D eigenvalue weighted by Gasteiger charge is -2.51. The Morgan fingerprint density at radius 2 is 1.69 bits per heavy atom. The van der Waals surface area contributed by atoms with Crippen molar-refractivity contribution >= 4 is 72.5 Å². The number of methoxy groups -OCH3 is 1. The number of nitrogens with one attached hydrogen (secondary N) is 1. The second kappa shape index (κ2) is 12.8. The van der Waals surface area contributed by atoms with Crippen LogP contribution in [-0.2, 0) is 31.1 Å². The lowest BCUT2D eigenvalue weighted by molar-refractivity contribution is -0.141. The number of anilines is 1. The van der Waals surface area contributed by atoms with Crippen molar-refractivity contribution in [3.05, 3.63) is 120 Å². The van der Waals surface area contributed by atoms with E-state index >= 15 is 4.79 Å². The Kier molecular flexibility index (Phi) is 8.46. The van der Waals surface area contributed by atoms with Crippen LogP contribution in [0.3, 0.4) is 0 Å². The first-order valence-corrected chi connectivity index (χ1v) is 19.1. The number of hydrazine groups is 1. The predicted octanol–water partition coefficient (Wildman–Crippen LogP) is 7.48. The van der Waals surface area contributed by atoms with Crippen molar-refractivity contribution in [3.63, 3.8) is 0 Å². The lowest BCUT2D eigenvalue weighted by atomic mass is 9.49. The molecule has 3 heterocycles. The molecule has 6 unspecified atom stereocenters. The van der Waals surface area contributed by atoms with Crippen molar-refractivity contribution in [2.45, 2.75) is 37.6 Å². The third-order valence-corrected chi connectivity index (χ3v) is 14.1. The van der Waals surface area contributed by atoms with Gasteiger partial charge in [-0.2, -0.15) is 5.01 Å². The molecular formula is C39H33Br2N3O6S. The van der Waals surface area contributed by atoms with E-state index in [2.05, 4.69) is 37.3 Å². The van der Waals surface area contributed by atoms with E-state index in [1.807, 2.05) is 85.1 Å². The largest absolute Gasteiger partial charge is 0.503 e. The molecule has 4 aliphatic rings. The highest BCUT2D eigenvalue weighted by atomic mass is 79.9. The number of benzene rings is 3. The van der Waals surface area contributed by atoms with Gasteiger partial charge in [-0.05, 0) is 98.3 Å². The summed E-state index contributed by atoms with van der Waals surface area (Å²) in [6.07, 6.45) is 2.52. The van der Waals surface area contributed by atoms with Crippen LogP contribution in [-0.4, -0.2) is 45.8 Å². The summed E-state index contributed by atoms with van der Waals surface area (Å²) in [7, 11) is 1.45. The Labute approximate surface area is 315 Å². The number of phenols is 1. The number of likely N-dealkylation sites (tertiary alicyclic amines) is 1. The van der Waals surface area contributed by atoms with Gasteiger partial charge in [0.15, 0.2) is 11.5 Å². The molecule has 12 heteroatoms. The molecule has 6 atom stereocenters. The van der Waals surface area contributed by atoms with Crippen LogP contribution in [0, 0.1) is 30.6 Å². The molecular weight excluding hydrogens is 798 g/mol. The topological polar surface area (TPSA) is 116 Å². The van der Waals surface area contributed by atoms with Crippen LogP contribution in [0.5, 0.6) is 11.5 Å². The molecule has 3 aromatic carbocycles. The number of aryl methyl sites for hydroxylation is 1. The van der Waals surface area contributed by atoms with Crippen molar-refractivity contribution in [2.24, 2.45) is 23.7 Å². The van der Waals surface area contributed by atoms with Gasteiger partial charge in [-0.3, -0.25) is 29.5 Å². The highest BCUT2D eigenvalue weighted by Crippen LogP contribution is 2.65. The molecule has 3 fully saturated rings. The average Bonchev–Trinajstić information content (AvgIpc) is 3.80. The van der Waals surface area contributed by atoms with Crippen molar-refractivity contribution < 1.29 is 29.0 Å². The summed E-state index contributed by atoms with van der Waals surface area (Å²) in [5.74, 6) is -4.74. The number of fused-ring (bicyclic) bond motifs is 4. The Balaban J connectivity index is 1.35. The van der Waals surface area contributed by atoms with Gasteiger partial charge in [0.25, 0.3) is 11.8 Å². The van der Waals surface area contributed by atoms with Gasteiger partial charge in [0.1, 0.15) is 0 Å². The van der Waals surface area contributed by atoms with Crippen LogP contribution < -0.4 is 10.2 Å². The first-order valence-electron chi connectivity index (χ1n) is 16.7. The predicted molar refractivity (Wildman–Crippen MR) is 199 cm³/mol. The molecule has 0 bridgehead atoms. The highest BCUT2D eigenvalue weighted by Gasteiger charge is 2.70. The Hall–Kier alpha value is -4.26. The summed E-state index contributed by atoms with van der Waals surface area (Å²) in [6.45, 7) is 2.16. The van der Waals surface area contributed by atoms with Gasteiger partial charge >= 0.3 is 0 Å². The molecule has 1 aromatic heterocycles. The zero-order valence-corrected chi connectivity index (χ0v) is 31.6. The van der Waals surface area contributed by atoms with Crippen molar-refractivity contribution in [3.8, 4) is 11.5 Å². The first-order chi connectivity index (χ1) is 24.6. The number of ether oxygens (including phenoxy) is 1. The smallest absolute Gasteiger partial charge is 0.260 e. The van der Waals surface area contributed by atoms with E-state index in [0.717, 1.165) is 21.0 Å². The molecule has 51 heavy (non-hydrogen) atoms. The highest BCUT2D eigenvalue weighted by molar-refractivity contribution is 9.13. The van der Waals surface area contributed by atoms with Gasteiger partial charge in [-0.15, -0.1) is 11.3 Å². The second-order valence-electron chi connectivity index (χ2n) is 13.6. The lowest BCUT2D eigenvalue weighted by Crippen LogP contribution is -2.53. The number of phenolic OH excluding ortho intramolecular Hbond substituents is 1. The minimum absolute atomic E-state index is 0.124. The normalized spacial score (nSPS) is 26.9. The van der Waals surface area contributed by atoms with E-state index in [1.165, 1.54) is 23.3 Å². The van der Waals surface area contributed by atoms with Crippen LogP contribution in [0.2, 0.25) is 0 Å². The third kappa shape index (κ3) is 5.04. The number of carbonyl (C=O) groups excluding carboxylic acids is 4. The second-order valence-corrected chi connectivity index (χ2v) is 16.2. The van der Waals surface area contributed by atoms with Crippen LogP contribution >= 0.6 is 43.2 Å². The fourth-order valence-corrected chi connectivity index (χ4v) is 10.5. The van der Waals surface area contributed by atoms with Gasteiger partial charge in [0.05, 0.1) is 47.0 Å². The molecule has 4 aromatic rings. The minimum Gasteiger partial charge on any atom is -0.503 e. The van der Waals surface area contributed by atoms with Crippen LogP contribution in [0.25, 0.3) is 0 Å². The Morgan fingerprint density at radius 1 is 0.941 bits per heavy atom. The summed E-state index contributed by atoms with van der Waals surface area (Å²) in [5.41, 5.74) is 5.33. The SMILES string of the molecule is COc1cc(C2C3=CCC4C(=O)N(Cc5cccs5)C(=O)C4C3CC3C(=O)N(Nc4ccc(C)cc4)C(=O)C32c2ccccc2)c(Br)c(Br)c1O. The van der Waals surface area contributed by atoms with E-state index < -0.39 is 46.8 Å². The maximum Gasteiger partial charge on any atom is 0.260 e. The van der Waals surface area contributed by atoms with Gasteiger partial charge in [0.2, 0.25) is 11.8 Å². The number of rotatable bonds is 7. The molecule has 8 rings (SSSR count). The molecule has 2 N–H and O–H groups in total. The molecule has 2 aliphatic carbocycles. The van der Waals surface area contributed by atoms with Gasteiger partial charge in [0, 0.05) is 15.3 Å². The van der Waals surface area contributed by atoms with Gasteiger partial charge < -0.3 is 9.84 Å². The Bertz CT molecular complexity index is 2120. The fourth-order valence-electron chi connectivity index (χ4n) is 8.85. The van der Waals surface area contributed by atoms with Gasteiger partial charge in [-0.25, -0.2) is 0 Å². The number of thiophene rings is 1. The van der Waals surface area contributed by atoms with E-state index in [4.69, 9.17) is 4.74 Å². The average molecular weight is 832 g/mol. The number of aromatic hydroxyl groups is 1. The van der Waals surface area contributed by atoms with E-state index in [0.29, 0.717) is 32.2 Å². The minimum atomic E-state index is -1.46. The molecule has 2 saturated heterocycles. The van der Waals surface area contributed by atoms with E-state index in [9.17, 15) is 19.5 Å². The number of hydrogen-bond acceptors (Lipinski definition) is 8. The number of carbonyl (C=O) groups is 4. The number of imide groups is 2. The molecule has 0 radical (unpaired) electrons. The number of allylic oxidation sites excluding steroid dienone is 2. The van der Waals surface area contributed by atoms with Crippen molar-refractivity contribution in [2.75, 3.05) is 12.5 Å². The zero-order chi connectivity index (χ0) is 35.8. The number of halogens is 2. The summed E-state index contributed by atoms with van der Waals surface area (Å²) in [6, 6.07) is 22.3. The van der Waals surface area contributed by atoms with E-state index in [1.54, 1.807) is 6.07 Å². The van der Waals surface area contributed by atoms with E-state index in [-0.39, 0.29) is 36.3 Å². The van der Waals surface area contributed by atoms with Crippen LogP contribution in [0.4, 0.5) is 5.69 Å². The summed E-state index contributed by atoms with van der Waals surface area (Å²) >= 11 is 8.75. The third-order valence-electron chi connectivity index (χ3n) is 11.1. The molecule has 2 aliphatic heterocycles. The monoisotopic (exact) mass is 829 g/mol. The number of amides is 4. The van der Waals surface area contributed by atoms with Crippen molar-refractivity contribution in [1.29, 1.82) is 0 Å². The van der Waals surface area contributed by atoms with Gasteiger partial charge in [-0.1, -0.05) is 65.7 Å². The fraction of sp³-hybridized carbons (Fsp3) is 0.282.